The average Bonchev–Trinajstić information content (AvgIpc) is 3.00. The highest BCUT2D eigenvalue weighted by atomic mass is 16.4. The first-order valence-corrected chi connectivity index (χ1v) is 9.23. The number of carbonyl (C=O) groups is 2. The number of hydrogen-bond donors (Lipinski definition) is 2. The van der Waals surface area contributed by atoms with E-state index in [0.717, 1.165) is 28.7 Å². The zero-order valence-electron chi connectivity index (χ0n) is 15.3. The van der Waals surface area contributed by atoms with Crippen LogP contribution in [0.4, 0.5) is 4.79 Å². The molecular weight excluding hydrogens is 332 g/mol. The Morgan fingerprint density at radius 1 is 1.23 bits per heavy atom. The molecule has 0 bridgehead atoms. The molecule has 3 rings (SSSR count). The number of furan rings is 1. The van der Waals surface area contributed by atoms with Crippen molar-refractivity contribution in [2.75, 3.05) is 7.05 Å². The molecule has 6 nitrogen and oxygen atoms in total. The van der Waals surface area contributed by atoms with Gasteiger partial charge in [0.25, 0.3) is 0 Å². The van der Waals surface area contributed by atoms with Crippen LogP contribution in [0.3, 0.4) is 0 Å². The van der Waals surface area contributed by atoms with Gasteiger partial charge in [-0.25, -0.2) is 4.79 Å². The lowest BCUT2D eigenvalue weighted by Gasteiger charge is -2.28. The molecule has 0 aliphatic heterocycles. The molecule has 1 aliphatic rings. The van der Waals surface area contributed by atoms with Crippen molar-refractivity contribution >= 4 is 23.0 Å². The summed E-state index contributed by atoms with van der Waals surface area (Å²) < 4.78 is 5.90. The van der Waals surface area contributed by atoms with E-state index >= 15 is 0 Å². The highest BCUT2D eigenvalue weighted by Crippen LogP contribution is 2.28. The van der Waals surface area contributed by atoms with Gasteiger partial charge in [-0.2, -0.15) is 0 Å². The van der Waals surface area contributed by atoms with Crippen molar-refractivity contribution in [3.63, 3.8) is 0 Å². The second-order valence-corrected chi connectivity index (χ2v) is 7.05. The number of hydrogen-bond acceptors (Lipinski definition) is 3. The van der Waals surface area contributed by atoms with Crippen molar-refractivity contribution in [2.45, 2.75) is 51.6 Å². The molecule has 1 aromatic heterocycles. The summed E-state index contributed by atoms with van der Waals surface area (Å²) in [6.07, 6.45) is 3.45. The van der Waals surface area contributed by atoms with Gasteiger partial charge in [-0.3, -0.25) is 4.79 Å². The van der Waals surface area contributed by atoms with Gasteiger partial charge >= 0.3 is 12.0 Å². The Kier molecular flexibility index (Phi) is 5.49. The highest BCUT2D eigenvalue weighted by Gasteiger charge is 2.27. The predicted octanol–water partition coefficient (Wildman–Crippen LogP) is 3.78. The number of aliphatic carboxylic acids is 1. The number of fused-ring (bicyclic) bond motifs is 1. The van der Waals surface area contributed by atoms with Gasteiger partial charge in [0.2, 0.25) is 0 Å². The second-order valence-electron chi connectivity index (χ2n) is 7.05. The molecule has 1 saturated carbocycles. The molecule has 1 fully saturated rings. The average molecular weight is 358 g/mol. The summed E-state index contributed by atoms with van der Waals surface area (Å²) >= 11 is 0. The first-order chi connectivity index (χ1) is 12.5. The topological polar surface area (TPSA) is 82.8 Å². The van der Waals surface area contributed by atoms with Crippen molar-refractivity contribution < 1.29 is 19.1 Å². The number of nitrogens with zero attached hydrogens (tertiary/aromatic N) is 1. The molecular formula is C20H26N2O4. The summed E-state index contributed by atoms with van der Waals surface area (Å²) in [6, 6.07) is 7.80. The molecule has 0 unspecified atom stereocenters. The fourth-order valence-electron chi connectivity index (χ4n) is 3.69. The third-order valence-electron chi connectivity index (χ3n) is 5.25. The third-order valence-corrected chi connectivity index (χ3v) is 5.25. The smallest absolute Gasteiger partial charge is 0.317 e. The maximum absolute atomic E-state index is 12.6. The fourth-order valence-corrected chi connectivity index (χ4v) is 3.69. The van der Waals surface area contributed by atoms with Gasteiger partial charge in [0.05, 0.1) is 12.5 Å². The third kappa shape index (κ3) is 3.84. The predicted molar refractivity (Wildman–Crippen MR) is 99.0 cm³/mol. The van der Waals surface area contributed by atoms with Gasteiger partial charge in [-0.05, 0) is 31.7 Å². The van der Waals surface area contributed by atoms with E-state index in [-0.39, 0.29) is 18.0 Å². The van der Waals surface area contributed by atoms with Crippen molar-refractivity contribution in [1.82, 2.24) is 10.2 Å². The highest BCUT2D eigenvalue weighted by molar-refractivity contribution is 5.83. The van der Waals surface area contributed by atoms with Crippen molar-refractivity contribution in [3.05, 3.63) is 35.6 Å². The Balaban J connectivity index is 1.62. The number of carboxylic acids is 1. The van der Waals surface area contributed by atoms with E-state index in [0.29, 0.717) is 32.2 Å². The fraction of sp³-hybridized carbons (Fsp3) is 0.500. The zero-order valence-corrected chi connectivity index (χ0v) is 15.3. The molecule has 1 aliphatic carbocycles. The Bertz CT molecular complexity index is 790. The van der Waals surface area contributed by atoms with Crippen LogP contribution in [0.25, 0.3) is 11.0 Å². The van der Waals surface area contributed by atoms with E-state index in [1.54, 1.807) is 11.9 Å². The minimum absolute atomic E-state index is 0.0484. The van der Waals surface area contributed by atoms with Crippen molar-refractivity contribution in [2.24, 2.45) is 5.92 Å². The van der Waals surface area contributed by atoms with Crippen molar-refractivity contribution in [3.8, 4) is 0 Å². The first-order valence-electron chi connectivity index (χ1n) is 9.23. The van der Waals surface area contributed by atoms with E-state index < -0.39 is 5.97 Å². The standard InChI is InChI=1S/C20H26N2O4/c1-3-17-16(15-6-4-5-7-18(15)26-17)12-22(2)20(25)21-14-10-8-13(9-11-14)19(23)24/h4-7,13-14H,3,8-12H2,1-2H3,(H,21,25)(H,23,24). The number of rotatable bonds is 5. The number of urea groups is 1. The van der Waals surface area contributed by atoms with Gasteiger partial charge in [-0.1, -0.05) is 25.1 Å². The van der Waals surface area contributed by atoms with Crippen LogP contribution in [0.5, 0.6) is 0 Å². The minimum Gasteiger partial charge on any atom is -0.481 e. The van der Waals surface area contributed by atoms with Gasteiger partial charge in [0.15, 0.2) is 0 Å². The SMILES string of the molecule is CCc1oc2ccccc2c1CN(C)C(=O)NC1CCC(C(=O)O)CC1. The Hall–Kier alpha value is -2.50. The van der Waals surface area contributed by atoms with Crippen LogP contribution in [-0.4, -0.2) is 35.1 Å². The lowest BCUT2D eigenvalue weighted by Crippen LogP contribution is -2.44. The quantitative estimate of drug-likeness (QED) is 0.852. The van der Waals surface area contributed by atoms with Gasteiger partial charge < -0.3 is 19.7 Å². The molecule has 1 aromatic carbocycles. The van der Waals surface area contributed by atoms with E-state index in [9.17, 15) is 9.59 Å². The van der Waals surface area contributed by atoms with Gasteiger partial charge in [-0.15, -0.1) is 0 Å². The van der Waals surface area contributed by atoms with Crippen LogP contribution in [0.15, 0.2) is 28.7 Å². The summed E-state index contributed by atoms with van der Waals surface area (Å²) in [6.45, 7) is 2.53. The number of benzene rings is 1. The number of nitrogens with one attached hydrogen (secondary N) is 1. The molecule has 6 heteroatoms. The van der Waals surface area contributed by atoms with Crippen LogP contribution in [0, 0.1) is 5.92 Å². The molecule has 2 amide bonds. The summed E-state index contributed by atoms with van der Waals surface area (Å²) in [5, 5.41) is 13.2. The molecule has 0 saturated heterocycles. The zero-order chi connectivity index (χ0) is 18.7. The number of para-hydroxylation sites is 1. The molecule has 26 heavy (non-hydrogen) atoms. The molecule has 2 aromatic rings. The number of carbonyl (C=O) groups excluding carboxylic acids is 1. The molecule has 140 valence electrons. The molecule has 2 N–H and O–H groups in total. The minimum atomic E-state index is -0.731. The number of amides is 2. The van der Waals surface area contributed by atoms with E-state index in [2.05, 4.69) is 5.32 Å². The molecule has 0 spiro atoms. The Morgan fingerprint density at radius 3 is 2.58 bits per heavy atom. The van der Waals surface area contributed by atoms with Crippen LogP contribution >= 0.6 is 0 Å². The largest absolute Gasteiger partial charge is 0.481 e. The summed E-state index contributed by atoms with van der Waals surface area (Å²) in [7, 11) is 1.78. The van der Waals surface area contributed by atoms with E-state index in [4.69, 9.17) is 9.52 Å². The Morgan fingerprint density at radius 2 is 1.92 bits per heavy atom. The summed E-state index contributed by atoms with van der Waals surface area (Å²) in [5.41, 5.74) is 1.90. The van der Waals surface area contributed by atoms with E-state index in [1.807, 2.05) is 31.2 Å². The number of aryl methyl sites for hydroxylation is 1. The lowest BCUT2D eigenvalue weighted by molar-refractivity contribution is -0.142. The maximum Gasteiger partial charge on any atom is 0.317 e. The molecule has 1 heterocycles. The summed E-state index contributed by atoms with van der Waals surface area (Å²) in [5.74, 6) is -0.0936. The van der Waals surface area contributed by atoms with Crippen molar-refractivity contribution in [1.29, 1.82) is 0 Å². The monoisotopic (exact) mass is 358 g/mol. The number of carboxylic acid groups (broad SMARTS) is 1. The van der Waals surface area contributed by atoms with Crippen LogP contribution in [0.2, 0.25) is 0 Å². The van der Waals surface area contributed by atoms with Crippen LogP contribution < -0.4 is 5.32 Å². The molecule has 0 radical (unpaired) electrons. The van der Waals surface area contributed by atoms with E-state index in [1.165, 1.54) is 0 Å². The van der Waals surface area contributed by atoms with Gasteiger partial charge in [0, 0.05) is 30.5 Å². The van der Waals surface area contributed by atoms with Gasteiger partial charge in [0.1, 0.15) is 11.3 Å². The van der Waals surface area contributed by atoms with Crippen LogP contribution in [-0.2, 0) is 17.8 Å². The maximum atomic E-state index is 12.6. The lowest BCUT2D eigenvalue weighted by atomic mass is 9.86. The normalized spacial score (nSPS) is 20.1. The molecule has 0 atom stereocenters. The first kappa shape index (κ1) is 18.3. The second kappa shape index (κ2) is 7.81. The van der Waals surface area contributed by atoms with Crippen LogP contribution in [0.1, 0.15) is 43.9 Å². The summed E-state index contributed by atoms with van der Waals surface area (Å²) in [4.78, 5) is 25.3. The Labute approximate surface area is 153 Å².